The van der Waals surface area contributed by atoms with Crippen LogP contribution in [0, 0.1) is 0 Å². The van der Waals surface area contributed by atoms with Crippen molar-refractivity contribution in [1.29, 1.82) is 0 Å². The molecule has 0 radical (unpaired) electrons. The number of hydrogen-bond acceptors (Lipinski definition) is 3. The molecule has 1 aromatic heterocycles. The first-order chi connectivity index (χ1) is 8.76. The Balaban J connectivity index is 2.09. The number of hydrogen-bond donors (Lipinski definition) is 2. The van der Waals surface area contributed by atoms with Crippen LogP contribution in [0.2, 0.25) is 0 Å². The first-order valence-corrected chi connectivity index (χ1v) is 5.66. The summed E-state index contributed by atoms with van der Waals surface area (Å²) in [7, 11) is 3.07. The molecule has 0 unspecified atom stereocenters. The van der Waals surface area contributed by atoms with Crippen LogP contribution in [0.25, 0.3) is 10.9 Å². The Kier molecular flexibility index (Phi) is 3.96. The second-order valence-corrected chi connectivity index (χ2v) is 3.86. The Hall–Kier alpha value is -1.85. The maximum atomic E-state index is 12.0. The van der Waals surface area contributed by atoms with E-state index in [1.165, 1.54) is 14.2 Å². The summed E-state index contributed by atoms with van der Waals surface area (Å²) >= 11 is 0. The van der Waals surface area contributed by atoms with Gasteiger partial charge in [-0.1, -0.05) is 18.2 Å². The zero-order valence-electron chi connectivity index (χ0n) is 10.4. The van der Waals surface area contributed by atoms with Crippen LogP contribution < -0.4 is 5.32 Å². The van der Waals surface area contributed by atoms with Gasteiger partial charge in [-0.2, -0.15) is 0 Å². The average molecular weight is 248 g/mol. The molecule has 5 heteroatoms. The van der Waals surface area contributed by atoms with Crippen molar-refractivity contribution in [3.05, 3.63) is 36.0 Å². The second-order valence-electron chi connectivity index (χ2n) is 3.86. The van der Waals surface area contributed by atoms with Gasteiger partial charge >= 0.3 is 0 Å². The highest BCUT2D eigenvalue weighted by molar-refractivity contribution is 6.06. The second kappa shape index (κ2) is 5.66. The number of methoxy groups -OCH3 is 2. The molecule has 0 saturated carbocycles. The van der Waals surface area contributed by atoms with Crippen LogP contribution in [0.5, 0.6) is 0 Å². The molecule has 2 rings (SSSR count). The van der Waals surface area contributed by atoms with Crippen LogP contribution in [-0.4, -0.2) is 37.9 Å². The Morgan fingerprint density at radius 2 is 2.06 bits per heavy atom. The van der Waals surface area contributed by atoms with Crippen LogP contribution in [0.3, 0.4) is 0 Å². The molecule has 18 heavy (non-hydrogen) atoms. The molecule has 0 atom stereocenters. The summed E-state index contributed by atoms with van der Waals surface area (Å²) < 4.78 is 10.0. The highest BCUT2D eigenvalue weighted by atomic mass is 16.7. The van der Waals surface area contributed by atoms with Crippen molar-refractivity contribution < 1.29 is 14.3 Å². The molecule has 1 aromatic carbocycles. The molecule has 0 fully saturated rings. The third kappa shape index (κ3) is 2.52. The van der Waals surface area contributed by atoms with Crippen LogP contribution in [0.1, 0.15) is 10.4 Å². The largest absolute Gasteiger partial charge is 0.360 e. The summed E-state index contributed by atoms with van der Waals surface area (Å²) in [6.07, 6.45) is 1.27. The van der Waals surface area contributed by atoms with E-state index in [1.54, 1.807) is 6.20 Å². The Morgan fingerprint density at radius 1 is 1.33 bits per heavy atom. The fraction of sp³-hybridized carbons (Fsp3) is 0.308. The molecule has 0 aliphatic heterocycles. The van der Waals surface area contributed by atoms with Gasteiger partial charge in [0.1, 0.15) is 0 Å². The highest BCUT2D eigenvalue weighted by Gasteiger charge is 2.13. The predicted octanol–water partition coefficient (Wildman–Crippen LogP) is 1.52. The number of H-pyrrole nitrogens is 1. The maximum Gasteiger partial charge on any atom is 0.253 e. The third-order valence-corrected chi connectivity index (χ3v) is 2.79. The number of carbonyl (C=O) groups excluding carboxylic acids is 1. The van der Waals surface area contributed by atoms with E-state index in [9.17, 15) is 4.79 Å². The van der Waals surface area contributed by atoms with E-state index in [0.717, 1.165) is 10.9 Å². The summed E-state index contributed by atoms with van der Waals surface area (Å²) in [5, 5.41) is 3.67. The molecular formula is C13H16N2O3. The number of amides is 1. The Morgan fingerprint density at radius 3 is 2.78 bits per heavy atom. The van der Waals surface area contributed by atoms with Gasteiger partial charge in [-0.3, -0.25) is 4.79 Å². The number of ether oxygens (including phenoxy) is 2. The van der Waals surface area contributed by atoms with Crippen molar-refractivity contribution in [1.82, 2.24) is 10.3 Å². The van der Waals surface area contributed by atoms with Crippen LogP contribution in [-0.2, 0) is 9.47 Å². The fourth-order valence-corrected chi connectivity index (χ4v) is 1.79. The van der Waals surface area contributed by atoms with Gasteiger partial charge in [0.15, 0.2) is 6.29 Å². The van der Waals surface area contributed by atoms with Gasteiger partial charge < -0.3 is 19.8 Å². The van der Waals surface area contributed by atoms with Gasteiger partial charge in [0.05, 0.1) is 12.1 Å². The number of nitrogens with one attached hydrogen (secondary N) is 2. The molecule has 2 aromatic rings. The van der Waals surface area contributed by atoms with Gasteiger partial charge in [0.2, 0.25) is 0 Å². The van der Waals surface area contributed by atoms with Crippen molar-refractivity contribution in [3.63, 3.8) is 0 Å². The lowest BCUT2D eigenvalue weighted by Crippen LogP contribution is -2.34. The molecular weight excluding hydrogens is 232 g/mol. The lowest BCUT2D eigenvalue weighted by atomic mass is 10.1. The van der Waals surface area contributed by atoms with E-state index >= 15 is 0 Å². The van der Waals surface area contributed by atoms with Crippen LogP contribution in [0.15, 0.2) is 30.5 Å². The predicted molar refractivity (Wildman–Crippen MR) is 68.4 cm³/mol. The zero-order valence-corrected chi connectivity index (χ0v) is 10.4. The number of aromatic nitrogens is 1. The SMILES string of the molecule is COC(CNC(=O)c1c[nH]c2ccccc12)OC. The number of benzene rings is 1. The van der Waals surface area contributed by atoms with E-state index in [1.807, 2.05) is 24.3 Å². The monoisotopic (exact) mass is 248 g/mol. The number of para-hydroxylation sites is 1. The minimum Gasteiger partial charge on any atom is -0.360 e. The minimum atomic E-state index is -0.431. The first kappa shape index (κ1) is 12.6. The first-order valence-electron chi connectivity index (χ1n) is 5.66. The summed E-state index contributed by atoms with van der Waals surface area (Å²) in [4.78, 5) is 15.1. The number of fused-ring (bicyclic) bond motifs is 1. The lowest BCUT2D eigenvalue weighted by molar-refractivity contribution is -0.0974. The van der Waals surface area contributed by atoms with Crippen molar-refractivity contribution >= 4 is 16.8 Å². The molecule has 0 spiro atoms. The van der Waals surface area contributed by atoms with E-state index in [4.69, 9.17) is 9.47 Å². The molecule has 1 amide bonds. The smallest absolute Gasteiger partial charge is 0.253 e. The number of aromatic amines is 1. The summed E-state index contributed by atoms with van der Waals surface area (Å²) in [5.74, 6) is -0.147. The summed E-state index contributed by atoms with van der Waals surface area (Å²) in [5.41, 5.74) is 1.56. The Bertz CT molecular complexity index is 532. The molecule has 0 aliphatic rings. The van der Waals surface area contributed by atoms with E-state index in [2.05, 4.69) is 10.3 Å². The lowest BCUT2D eigenvalue weighted by Gasteiger charge is -2.13. The number of carbonyl (C=O) groups is 1. The molecule has 0 aliphatic carbocycles. The molecule has 0 bridgehead atoms. The molecule has 2 N–H and O–H groups in total. The van der Waals surface area contributed by atoms with Gasteiger partial charge in [0, 0.05) is 31.3 Å². The van der Waals surface area contributed by atoms with Gasteiger partial charge in [-0.15, -0.1) is 0 Å². The van der Waals surface area contributed by atoms with Crippen molar-refractivity contribution in [2.24, 2.45) is 0 Å². The minimum absolute atomic E-state index is 0.147. The topological polar surface area (TPSA) is 63.3 Å². The van der Waals surface area contributed by atoms with E-state index < -0.39 is 6.29 Å². The standard InChI is InChI=1S/C13H16N2O3/c1-17-12(18-2)8-15-13(16)10-7-14-11-6-4-3-5-9(10)11/h3-7,12,14H,8H2,1-2H3,(H,15,16). The summed E-state index contributed by atoms with van der Waals surface area (Å²) in [6, 6.07) is 7.66. The quantitative estimate of drug-likeness (QED) is 0.788. The van der Waals surface area contributed by atoms with Gasteiger partial charge in [-0.25, -0.2) is 0 Å². The zero-order chi connectivity index (χ0) is 13.0. The molecule has 1 heterocycles. The normalized spacial score (nSPS) is 11.1. The van der Waals surface area contributed by atoms with Crippen LogP contribution in [0.4, 0.5) is 0 Å². The number of rotatable bonds is 5. The van der Waals surface area contributed by atoms with Crippen molar-refractivity contribution in [2.45, 2.75) is 6.29 Å². The molecule has 96 valence electrons. The van der Waals surface area contributed by atoms with Gasteiger partial charge in [-0.05, 0) is 6.07 Å². The average Bonchev–Trinajstić information content (AvgIpc) is 2.83. The van der Waals surface area contributed by atoms with Crippen molar-refractivity contribution in [3.8, 4) is 0 Å². The van der Waals surface area contributed by atoms with Gasteiger partial charge in [0.25, 0.3) is 5.91 Å². The van der Waals surface area contributed by atoms with E-state index in [0.29, 0.717) is 12.1 Å². The highest BCUT2D eigenvalue weighted by Crippen LogP contribution is 2.17. The fourth-order valence-electron chi connectivity index (χ4n) is 1.79. The van der Waals surface area contributed by atoms with Crippen LogP contribution >= 0.6 is 0 Å². The summed E-state index contributed by atoms with van der Waals surface area (Å²) in [6.45, 7) is 0.311. The maximum absolute atomic E-state index is 12.0. The Labute approximate surface area is 105 Å². The third-order valence-electron chi connectivity index (χ3n) is 2.79. The molecule has 5 nitrogen and oxygen atoms in total. The van der Waals surface area contributed by atoms with Crippen molar-refractivity contribution in [2.75, 3.05) is 20.8 Å². The molecule has 0 saturated heterocycles. The van der Waals surface area contributed by atoms with E-state index in [-0.39, 0.29) is 5.91 Å².